The lowest BCUT2D eigenvalue weighted by atomic mass is 10.0. The summed E-state index contributed by atoms with van der Waals surface area (Å²) in [6.07, 6.45) is 1.48. The van der Waals surface area contributed by atoms with Crippen molar-refractivity contribution in [2.45, 2.75) is 38.8 Å². The molecule has 1 aromatic carbocycles. The third-order valence-corrected chi connectivity index (χ3v) is 3.87. The lowest BCUT2D eigenvalue weighted by Gasteiger charge is -2.10. The van der Waals surface area contributed by atoms with Crippen molar-refractivity contribution in [3.63, 3.8) is 0 Å². The molecule has 1 aliphatic rings. The van der Waals surface area contributed by atoms with Crippen LogP contribution in [0.3, 0.4) is 0 Å². The molecule has 5 nitrogen and oxygen atoms in total. The van der Waals surface area contributed by atoms with Crippen LogP contribution in [0, 0.1) is 0 Å². The van der Waals surface area contributed by atoms with Crippen LogP contribution in [0.4, 0.5) is 5.82 Å². The Balaban J connectivity index is 1.90. The highest BCUT2D eigenvalue weighted by atomic mass is 16.2. The Morgan fingerprint density at radius 3 is 2.62 bits per heavy atom. The number of nitrogens with one attached hydrogen (secondary N) is 2. The molecule has 0 saturated heterocycles. The van der Waals surface area contributed by atoms with Crippen LogP contribution in [0.25, 0.3) is 0 Å². The topological polar surface area (TPSA) is 66.9 Å². The molecule has 0 saturated carbocycles. The second kappa shape index (κ2) is 5.24. The van der Waals surface area contributed by atoms with Gasteiger partial charge in [-0.15, -0.1) is 0 Å². The zero-order chi connectivity index (χ0) is 15.0. The highest BCUT2D eigenvalue weighted by molar-refractivity contribution is 5.49. The molecular formula is C16H19N3O2. The minimum Gasteiger partial charge on any atom is -0.368 e. The van der Waals surface area contributed by atoms with E-state index in [4.69, 9.17) is 0 Å². The van der Waals surface area contributed by atoms with Gasteiger partial charge >= 0.3 is 5.69 Å². The van der Waals surface area contributed by atoms with Crippen molar-refractivity contribution in [3.05, 3.63) is 62.3 Å². The fourth-order valence-electron chi connectivity index (χ4n) is 2.89. The maximum Gasteiger partial charge on any atom is 0.330 e. The van der Waals surface area contributed by atoms with Crippen LogP contribution in [0.1, 0.15) is 31.0 Å². The molecular weight excluding hydrogens is 266 g/mol. The molecule has 2 N–H and O–H groups in total. The molecule has 0 unspecified atom stereocenters. The van der Waals surface area contributed by atoms with Crippen LogP contribution in [-0.2, 0) is 12.8 Å². The fourth-order valence-corrected chi connectivity index (χ4v) is 2.89. The molecule has 0 bridgehead atoms. The van der Waals surface area contributed by atoms with E-state index in [-0.39, 0.29) is 23.3 Å². The average molecular weight is 285 g/mol. The van der Waals surface area contributed by atoms with Crippen LogP contribution in [0.5, 0.6) is 0 Å². The van der Waals surface area contributed by atoms with Gasteiger partial charge in [0.1, 0.15) is 5.82 Å². The Morgan fingerprint density at radius 1 is 1.24 bits per heavy atom. The molecule has 1 aliphatic heterocycles. The maximum atomic E-state index is 12.4. The molecule has 1 atom stereocenters. The van der Waals surface area contributed by atoms with E-state index in [1.54, 1.807) is 0 Å². The van der Waals surface area contributed by atoms with Gasteiger partial charge < -0.3 is 5.32 Å². The Morgan fingerprint density at radius 2 is 1.95 bits per heavy atom. The van der Waals surface area contributed by atoms with Crippen molar-refractivity contribution in [1.82, 2.24) is 9.55 Å². The third-order valence-electron chi connectivity index (χ3n) is 3.87. The standard InChI is InChI=1S/C16H19N3O2/c1-10(2)19-15(20)13-9-12(17-14(13)18-16(19)21)8-11-6-4-3-5-7-11/h3-7,10,12,17H,8-9H2,1-2H3,(H,18,21)/t12-/m1/s1. The molecule has 3 rings (SSSR count). The normalized spacial score (nSPS) is 16.8. The smallest absolute Gasteiger partial charge is 0.330 e. The summed E-state index contributed by atoms with van der Waals surface area (Å²) in [6.45, 7) is 3.68. The summed E-state index contributed by atoms with van der Waals surface area (Å²) < 4.78 is 1.28. The predicted octanol–water partition coefficient (Wildman–Crippen LogP) is 1.70. The van der Waals surface area contributed by atoms with Crippen LogP contribution in [0.2, 0.25) is 0 Å². The molecule has 5 heteroatoms. The van der Waals surface area contributed by atoms with E-state index in [2.05, 4.69) is 22.4 Å². The molecule has 2 heterocycles. The molecule has 110 valence electrons. The largest absolute Gasteiger partial charge is 0.368 e. The summed E-state index contributed by atoms with van der Waals surface area (Å²) in [5, 5.41) is 3.26. The van der Waals surface area contributed by atoms with Crippen molar-refractivity contribution < 1.29 is 0 Å². The van der Waals surface area contributed by atoms with E-state index < -0.39 is 0 Å². The van der Waals surface area contributed by atoms with Gasteiger partial charge in [-0.25, -0.2) is 4.79 Å². The van der Waals surface area contributed by atoms with E-state index in [1.165, 1.54) is 10.1 Å². The Labute approximate surface area is 122 Å². The van der Waals surface area contributed by atoms with Gasteiger partial charge in [-0.3, -0.25) is 14.3 Å². The van der Waals surface area contributed by atoms with Crippen LogP contribution in [0.15, 0.2) is 39.9 Å². The number of nitrogens with zero attached hydrogens (tertiary/aromatic N) is 1. The summed E-state index contributed by atoms with van der Waals surface area (Å²) >= 11 is 0. The molecule has 0 amide bonds. The number of aromatic nitrogens is 2. The van der Waals surface area contributed by atoms with Gasteiger partial charge in [0, 0.05) is 18.5 Å². The van der Waals surface area contributed by atoms with Gasteiger partial charge in [-0.2, -0.15) is 0 Å². The molecule has 0 radical (unpaired) electrons. The van der Waals surface area contributed by atoms with Gasteiger partial charge in [0.05, 0.1) is 5.56 Å². The number of anilines is 1. The minimum atomic E-state index is -0.346. The third kappa shape index (κ3) is 2.51. The molecule has 1 aromatic heterocycles. The van der Waals surface area contributed by atoms with Gasteiger partial charge in [-0.1, -0.05) is 30.3 Å². The summed E-state index contributed by atoms with van der Waals surface area (Å²) in [6, 6.07) is 10.1. The predicted molar refractivity (Wildman–Crippen MR) is 83.0 cm³/mol. The second-order valence-corrected chi connectivity index (χ2v) is 5.79. The summed E-state index contributed by atoms with van der Waals surface area (Å²) in [5.74, 6) is 0.586. The van der Waals surface area contributed by atoms with Gasteiger partial charge in [0.2, 0.25) is 0 Å². The highest BCUT2D eigenvalue weighted by Crippen LogP contribution is 2.21. The number of fused-ring (bicyclic) bond motifs is 1. The SMILES string of the molecule is CC(C)n1c(=O)[nH]c2c(c1=O)C[C@@H](Cc1ccccc1)N2. The van der Waals surface area contributed by atoms with Crippen molar-refractivity contribution in [1.29, 1.82) is 0 Å². The van der Waals surface area contributed by atoms with Gasteiger partial charge in [0.25, 0.3) is 5.56 Å². The Bertz CT molecular complexity index is 759. The van der Waals surface area contributed by atoms with E-state index in [0.717, 1.165) is 6.42 Å². The lowest BCUT2D eigenvalue weighted by molar-refractivity contribution is 0.543. The average Bonchev–Trinajstić information content (AvgIpc) is 2.82. The van der Waals surface area contributed by atoms with E-state index in [1.807, 2.05) is 32.0 Å². The van der Waals surface area contributed by atoms with E-state index >= 15 is 0 Å². The maximum absolute atomic E-state index is 12.4. The number of aromatic amines is 1. The van der Waals surface area contributed by atoms with Crippen molar-refractivity contribution >= 4 is 5.82 Å². The monoisotopic (exact) mass is 285 g/mol. The quantitative estimate of drug-likeness (QED) is 0.902. The van der Waals surface area contributed by atoms with Crippen molar-refractivity contribution in [2.75, 3.05) is 5.32 Å². The summed E-state index contributed by atoms with van der Waals surface area (Å²) in [7, 11) is 0. The van der Waals surface area contributed by atoms with Crippen LogP contribution < -0.4 is 16.6 Å². The van der Waals surface area contributed by atoms with Crippen molar-refractivity contribution in [2.24, 2.45) is 0 Å². The van der Waals surface area contributed by atoms with Gasteiger partial charge in [0.15, 0.2) is 0 Å². The number of hydrogen-bond acceptors (Lipinski definition) is 3. The zero-order valence-electron chi connectivity index (χ0n) is 12.2. The minimum absolute atomic E-state index is 0.139. The molecule has 2 aromatic rings. The number of benzene rings is 1. The first-order chi connectivity index (χ1) is 10.1. The molecule has 0 aliphatic carbocycles. The van der Waals surface area contributed by atoms with Gasteiger partial charge in [-0.05, 0) is 25.8 Å². The molecule has 0 fully saturated rings. The first kappa shape index (κ1) is 13.7. The zero-order valence-corrected chi connectivity index (χ0v) is 12.2. The fraction of sp³-hybridized carbons (Fsp3) is 0.375. The Kier molecular flexibility index (Phi) is 3.41. The first-order valence-electron chi connectivity index (χ1n) is 7.24. The van der Waals surface area contributed by atoms with Crippen LogP contribution in [-0.4, -0.2) is 15.6 Å². The Hall–Kier alpha value is -2.30. The second-order valence-electron chi connectivity index (χ2n) is 5.79. The number of rotatable bonds is 3. The first-order valence-corrected chi connectivity index (χ1v) is 7.24. The van der Waals surface area contributed by atoms with E-state index in [9.17, 15) is 9.59 Å². The molecule has 0 spiro atoms. The number of hydrogen-bond donors (Lipinski definition) is 2. The summed E-state index contributed by atoms with van der Waals surface area (Å²) in [4.78, 5) is 27.2. The lowest BCUT2D eigenvalue weighted by Crippen LogP contribution is -2.37. The van der Waals surface area contributed by atoms with Crippen molar-refractivity contribution in [3.8, 4) is 0 Å². The highest BCUT2D eigenvalue weighted by Gasteiger charge is 2.26. The van der Waals surface area contributed by atoms with E-state index in [0.29, 0.717) is 17.8 Å². The number of H-pyrrole nitrogens is 1. The summed E-state index contributed by atoms with van der Waals surface area (Å²) in [5.41, 5.74) is 1.38. The van der Waals surface area contributed by atoms with Crippen LogP contribution >= 0.6 is 0 Å². The molecule has 21 heavy (non-hydrogen) atoms.